The lowest BCUT2D eigenvalue weighted by Crippen LogP contribution is -2.55. The van der Waals surface area contributed by atoms with Crippen molar-refractivity contribution >= 4 is 50.6 Å². The van der Waals surface area contributed by atoms with Gasteiger partial charge in [-0.25, -0.2) is 9.37 Å². The largest absolute Gasteiger partial charge is 0.508 e. The highest BCUT2D eigenvalue weighted by Gasteiger charge is 2.43. The van der Waals surface area contributed by atoms with Crippen LogP contribution in [0.5, 0.6) is 17.6 Å². The summed E-state index contributed by atoms with van der Waals surface area (Å²) >= 11 is 1.61. The van der Waals surface area contributed by atoms with Gasteiger partial charge in [0.25, 0.3) is 5.88 Å². The van der Waals surface area contributed by atoms with Gasteiger partial charge in [-0.05, 0) is 128 Å². The van der Waals surface area contributed by atoms with Gasteiger partial charge in [0.2, 0.25) is 11.8 Å². The minimum Gasteiger partial charge on any atom is -0.508 e. The van der Waals surface area contributed by atoms with E-state index in [4.69, 9.17) is 28.9 Å². The van der Waals surface area contributed by atoms with Crippen LogP contribution in [-0.2, 0) is 16.0 Å². The molecule has 0 spiro atoms. The van der Waals surface area contributed by atoms with E-state index in [-0.39, 0.29) is 58.8 Å². The number of hydrogen-bond acceptors (Lipinski definition) is 16. The van der Waals surface area contributed by atoms with Gasteiger partial charge in [-0.15, -0.1) is 11.3 Å². The van der Waals surface area contributed by atoms with Crippen molar-refractivity contribution in [2.45, 2.75) is 116 Å². The number of amides is 2. The number of phenols is 1. The topological polar surface area (TPSA) is 187 Å². The molecular formula is C62H74FN11O6S. The van der Waals surface area contributed by atoms with Gasteiger partial charge in [-0.3, -0.25) is 24.4 Å². The number of aromatic hydroxyl groups is 1. The highest BCUT2D eigenvalue weighted by Crippen LogP contribution is 2.40. The summed E-state index contributed by atoms with van der Waals surface area (Å²) in [6.45, 7) is 19.6. The first kappa shape index (κ1) is 54.8. The summed E-state index contributed by atoms with van der Waals surface area (Å²) in [5.74, 6) is 0.644. The molecule has 19 heteroatoms. The van der Waals surface area contributed by atoms with Crippen LogP contribution < -0.4 is 25.0 Å². The highest BCUT2D eigenvalue weighted by atomic mass is 32.1. The van der Waals surface area contributed by atoms with Gasteiger partial charge in [-0.1, -0.05) is 70.2 Å². The number of phenolic OH excluding ortho intramolecular Hbond substituents is 1. The van der Waals surface area contributed by atoms with Crippen LogP contribution in [0.4, 0.5) is 10.2 Å². The van der Waals surface area contributed by atoms with E-state index in [0.717, 1.165) is 116 Å². The molecule has 0 radical (unpaired) electrons. The molecule has 17 nitrogen and oxygen atoms in total. The summed E-state index contributed by atoms with van der Waals surface area (Å²) in [6, 6.07) is 19.2. The van der Waals surface area contributed by atoms with Crippen molar-refractivity contribution in [1.82, 2.24) is 50.4 Å². The standard InChI is InChI=1S/C62H74FN11O6S/c1-7-40-9-8-10-43-24-46(75)25-48(54(40)43)56-55(63)57-49(27-64-56)59(73-30-44-15-16-45(31-73)67-44)69-62(68-57)78-22-21-71-19-17-39(18-20-71)29-72-32-47(33-72)79-52-26-51(80-70-52)53(35(2)3)61(77)74-28-36(4)23-50(74)60(76)66-37(5)41-11-13-42(14-12-41)58-38(6)65-34-81-58/h8-14,24-27,34-37,39,44-45,47,50,53,67,75H,7,15-23,28-33H2,1-6H3,(H,66,76)/t36?,37?,44?,45?,50-,53?/m0/s1. The number of piperidine rings is 1. The molecule has 12 rings (SSSR count). The van der Waals surface area contributed by atoms with Crippen molar-refractivity contribution in [1.29, 1.82) is 0 Å². The number of thiazole rings is 1. The number of halogens is 1. The molecule has 3 N–H and O–H groups in total. The molecular weight excluding hydrogens is 1050 g/mol. The summed E-state index contributed by atoms with van der Waals surface area (Å²) in [6.07, 6.45) is 7.28. The number of carbonyl (C=O) groups excluding carboxylic acids is 2. The molecule has 5 unspecified atom stereocenters. The molecule has 9 heterocycles. The molecule has 5 aliphatic heterocycles. The fourth-order valence-corrected chi connectivity index (χ4v) is 14.0. The number of ether oxygens (including phenoxy) is 2. The summed E-state index contributed by atoms with van der Waals surface area (Å²) in [4.78, 5) is 57.1. The van der Waals surface area contributed by atoms with Crippen molar-refractivity contribution in [3.63, 3.8) is 0 Å². The van der Waals surface area contributed by atoms with E-state index in [1.165, 1.54) is 0 Å². The number of aryl methyl sites for hydroxylation is 2. The number of pyridine rings is 1. The van der Waals surface area contributed by atoms with Crippen molar-refractivity contribution in [3.8, 4) is 39.3 Å². The Hall–Kier alpha value is -6.80. The van der Waals surface area contributed by atoms with Gasteiger partial charge in [0, 0.05) is 75.7 Å². The second kappa shape index (κ2) is 23.2. The Morgan fingerprint density at radius 2 is 1.73 bits per heavy atom. The van der Waals surface area contributed by atoms with E-state index in [2.05, 4.69) is 61.5 Å². The average molecular weight is 1120 g/mol. The summed E-state index contributed by atoms with van der Waals surface area (Å²) in [5.41, 5.74) is 6.81. The Morgan fingerprint density at radius 1 is 0.951 bits per heavy atom. The maximum Gasteiger partial charge on any atom is 0.319 e. The van der Waals surface area contributed by atoms with Gasteiger partial charge in [0.1, 0.15) is 47.4 Å². The van der Waals surface area contributed by atoms with E-state index >= 15 is 4.39 Å². The first-order valence-corrected chi connectivity index (χ1v) is 30.1. The molecule has 4 aromatic heterocycles. The van der Waals surface area contributed by atoms with Gasteiger partial charge >= 0.3 is 6.01 Å². The molecule has 81 heavy (non-hydrogen) atoms. The number of benzene rings is 3. The van der Waals surface area contributed by atoms with Gasteiger partial charge in [0.05, 0.1) is 27.5 Å². The quantitative estimate of drug-likeness (QED) is 0.0737. The van der Waals surface area contributed by atoms with E-state index in [9.17, 15) is 14.7 Å². The van der Waals surface area contributed by atoms with Gasteiger partial charge in [0.15, 0.2) is 11.6 Å². The van der Waals surface area contributed by atoms with E-state index in [1.807, 2.05) is 63.5 Å². The SMILES string of the molecule is CCc1cccc2cc(O)cc(-c3ncc4c(N5CC6CCC(C5)N6)nc(OCCN5CCC(CN6CC(Oc7cc(C(C(=O)N8CC(C)C[C@H]8C(=O)NC(C)c8ccc(-c9scnc9C)cc8)C(C)C)on7)C6)CC5)nc4c3F)c12. The Balaban J connectivity index is 0.625. The number of carbonyl (C=O) groups is 2. The van der Waals surface area contributed by atoms with Crippen LogP contribution in [0.1, 0.15) is 101 Å². The van der Waals surface area contributed by atoms with Crippen LogP contribution in [0, 0.1) is 30.5 Å². The predicted octanol–water partition coefficient (Wildman–Crippen LogP) is 9.32. The Labute approximate surface area is 476 Å². The average Bonchev–Trinajstić information content (AvgIpc) is 4.29. The maximum atomic E-state index is 17.1. The molecule has 7 aromatic rings. The number of anilines is 1. The number of rotatable bonds is 18. The molecule has 5 saturated heterocycles. The Kier molecular flexibility index (Phi) is 15.7. The van der Waals surface area contributed by atoms with Crippen molar-refractivity contribution in [2.24, 2.45) is 17.8 Å². The van der Waals surface area contributed by atoms with E-state index in [1.54, 1.807) is 40.6 Å². The number of aromatic nitrogens is 5. The van der Waals surface area contributed by atoms with Gasteiger partial charge < -0.3 is 39.5 Å². The molecule has 2 bridgehead atoms. The molecule has 2 amide bonds. The van der Waals surface area contributed by atoms with Crippen molar-refractivity contribution in [2.75, 3.05) is 70.4 Å². The van der Waals surface area contributed by atoms with Crippen LogP contribution in [0.25, 0.3) is 43.4 Å². The lowest BCUT2D eigenvalue weighted by atomic mass is 9.91. The minimum absolute atomic E-state index is 0.0349. The van der Waals surface area contributed by atoms with Crippen LogP contribution in [-0.4, -0.2) is 146 Å². The zero-order valence-corrected chi connectivity index (χ0v) is 48.1. The summed E-state index contributed by atoms with van der Waals surface area (Å²) < 4.78 is 35.6. The minimum atomic E-state index is -0.618. The third-order valence-electron chi connectivity index (χ3n) is 17.5. The molecule has 3 aromatic carbocycles. The zero-order valence-electron chi connectivity index (χ0n) is 47.2. The van der Waals surface area contributed by atoms with Crippen LogP contribution in [0.2, 0.25) is 0 Å². The third kappa shape index (κ3) is 11.4. The maximum absolute atomic E-state index is 17.1. The Bertz CT molecular complexity index is 3400. The summed E-state index contributed by atoms with van der Waals surface area (Å²) in [5, 5.41) is 24.2. The number of piperazine rings is 1. The number of fused-ring (bicyclic) bond motifs is 4. The first-order chi connectivity index (χ1) is 39.2. The molecule has 426 valence electrons. The fraction of sp³-hybridized carbons (Fsp3) is 0.500. The van der Waals surface area contributed by atoms with Crippen molar-refractivity contribution < 1.29 is 33.1 Å². The van der Waals surface area contributed by atoms with E-state index in [0.29, 0.717) is 72.5 Å². The van der Waals surface area contributed by atoms with Crippen LogP contribution in [0.3, 0.4) is 0 Å². The summed E-state index contributed by atoms with van der Waals surface area (Å²) in [7, 11) is 0. The lowest BCUT2D eigenvalue weighted by Gasteiger charge is -2.42. The second-order valence-electron chi connectivity index (χ2n) is 23.8. The molecule has 6 atom stereocenters. The molecule has 0 saturated carbocycles. The molecule has 5 fully saturated rings. The van der Waals surface area contributed by atoms with Crippen molar-refractivity contribution in [3.05, 3.63) is 101 Å². The highest BCUT2D eigenvalue weighted by molar-refractivity contribution is 7.13. The molecule has 0 aliphatic carbocycles. The predicted molar refractivity (Wildman–Crippen MR) is 311 cm³/mol. The monoisotopic (exact) mass is 1120 g/mol. The molecule has 5 aliphatic rings. The zero-order chi connectivity index (χ0) is 56.1. The van der Waals surface area contributed by atoms with Crippen LogP contribution >= 0.6 is 11.3 Å². The fourth-order valence-electron chi connectivity index (χ4n) is 13.2. The number of likely N-dealkylation sites (tertiary alicyclic amines) is 3. The second-order valence-corrected chi connectivity index (χ2v) is 24.6. The number of nitrogens with one attached hydrogen (secondary N) is 2. The normalized spacial score (nSPS) is 21.7. The van der Waals surface area contributed by atoms with Gasteiger partial charge in [-0.2, -0.15) is 9.97 Å². The lowest BCUT2D eigenvalue weighted by molar-refractivity contribution is -0.141. The first-order valence-electron chi connectivity index (χ1n) is 29.2. The number of nitrogens with zero attached hydrogens (tertiary/aromatic N) is 9. The van der Waals surface area contributed by atoms with E-state index < -0.39 is 17.8 Å². The third-order valence-corrected chi connectivity index (χ3v) is 18.5. The Morgan fingerprint density at radius 3 is 2.46 bits per heavy atom. The number of hydrogen-bond donors (Lipinski definition) is 3. The van der Waals surface area contributed by atoms with Crippen LogP contribution in [0.15, 0.2) is 76.9 Å². The smallest absolute Gasteiger partial charge is 0.319 e.